The molecule has 0 atom stereocenters. The van der Waals surface area contributed by atoms with E-state index in [1.807, 2.05) is 32.0 Å². The molecule has 84 valence electrons. The Morgan fingerprint density at radius 1 is 1.25 bits per heavy atom. The molecule has 1 N–H and O–H groups in total. The Labute approximate surface area is 95.3 Å². The first kappa shape index (κ1) is 10.7. The highest BCUT2D eigenvalue weighted by Crippen LogP contribution is 2.30. The molecule has 0 bridgehead atoms. The van der Waals surface area contributed by atoms with Crippen molar-refractivity contribution in [2.24, 2.45) is 0 Å². The van der Waals surface area contributed by atoms with E-state index in [1.165, 1.54) is 5.56 Å². The monoisotopic (exact) mass is 216 g/mol. The molecule has 0 fully saturated rings. The van der Waals surface area contributed by atoms with Crippen LogP contribution in [0.1, 0.15) is 18.1 Å². The molecule has 1 aromatic heterocycles. The van der Waals surface area contributed by atoms with Gasteiger partial charge in [-0.3, -0.25) is 0 Å². The van der Waals surface area contributed by atoms with Gasteiger partial charge in [-0.05, 0) is 26.3 Å². The van der Waals surface area contributed by atoms with E-state index >= 15 is 0 Å². The summed E-state index contributed by atoms with van der Waals surface area (Å²) in [6.07, 6.45) is 0. The van der Waals surface area contributed by atoms with Crippen LogP contribution in [-0.4, -0.2) is 14.9 Å². The third kappa shape index (κ3) is 1.58. The maximum Gasteiger partial charge on any atom is 0.212 e. The summed E-state index contributed by atoms with van der Waals surface area (Å²) < 4.78 is 1.62. The lowest BCUT2D eigenvalue weighted by Gasteiger charge is -2.02. The Kier molecular flexibility index (Phi) is 2.69. The van der Waals surface area contributed by atoms with E-state index in [0.717, 1.165) is 16.8 Å². The molecule has 0 amide bonds. The number of nitrogens with zero attached hydrogens (tertiary/aromatic N) is 2. The summed E-state index contributed by atoms with van der Waals surface area (Å²) in [4.78, 5) is 0. The quantitative estimate of drug-likeness (QED) is 0.838. The van der Waals surface area contributed by atoms with Crippen LogP contribution in [0.15, 0.2) is 24.3 Å². The first-order valence-corrected chi connectivity index (χ1v) is 5.47. The molecule has 0 unspecified atom stereocenters. The second-order valence-corrected chi connectivity index (χ2v) is 3.93. The highest BCUT2D eigenvalue weighted by atomic mass is 16.3. The molecule has 0 spiro atoms. The number of hydrogen-bond donors (Lipinski definition) is 1. The molecule has 1 aromatic carbocycles. The highest BCUT2D eigenvalue weighted by Gasteiger charge is 2.14. The minimum atomic E-state index is 0.265. The van der Waals surface area contributed by atoms with Crippen LogP contribution in [0.25, 0.3) is 11.3 Å². The van der Waals surface area contributed by atoms with Gasteiger partial charge in [-0.25, -0.2) is 4.68 Å². The van der Waals surface area contributed by atoms with Gasteiger partial charge in [0.1, 0.15) is 0 Å². The van der Waals surface area contributed by atoms with Gasteiger partial charge in [-0.1, -0.05) is 24.3 Å². The zero-order chi connectivity index (χ0) is 11.7. The molecule has 16 heavy (non-hydrogen) atoms. The van der Waals surface area contributed by atoms with Crippen LogP contribution in [0.3, 0.4) is 0 Å². The van der Waals surface area contributed by atoms with Crippen LogP contribution in [0, 0.1) is 13.8 Å². The minimum absolute atomic E-state index is 0.265. The van der Waals surface area contributed by atoms with Gasteiger partial charge < -0.3 is 5.11 Å². The van der Waals surface area contributed by atoms with Crippen molar-refractivity contribution in [3.05, 3.63) is 35.4 Å². The topological polar surface area (TPSA) is 38.0 Å². The number of aromatic nitrogens is 2. The number of aromatic hydroxyl groups is 1. The molecule has 0 radical (unpaired) electrons. The summed E-state index contributed by atoms with van der Waals surface area (Å²) in [5, 5.41) is 14.3. The van der Waals surface area contributed by atoms with Crippen molar-refractivity contribution < 1.29 is 5.11 Å². The second kappa shape index (κ2) is 4.00. The van der Waals surface area contributed by atoms with Crippen molar-refractivity contribution in [3.63, 3.8) is 0 Å². The Balaban J connectivity index is 2.61. The van der Waals surface area contributed by atoms with Gasteiger partial charge in [-0.15, -0.1) is 0 Å². The van der Waals surface area contributed by atoms with Gasteiger partial charge in [0.25, 0.3) is 0 Å². The Morgan fingerprint density at radius 3 is 2.50 bits per heavy atom. The molecular formula is C13H16N2O. The van der Waals surface area contributed by atoms with E-state index in [0.29, 0.717) is 6.54 Å². The van der Waals surface area contributed by atoms with Gasteiger partial charge in [0, 0.05) is 17.7 Å². The Bertz CT molecular complexity index is 515. The van der Waals surface area contributed by atoms with Crippen LogP contribution in [0.4, 0.5) is 0 Å². The fourth-order valence-electron chi connectivity index (χ4n) is 1.86. The molecule has 2 rings (SSSR count). The number of aryl methyl sites for hydroxylation is 2. The molecule has 1 heterocycles. The van der Waals surface area contributed by atoms with E-state index in [9.17, 15) is 5.11 Å². The molecule has 0 aliphatic carbocycles. The minimum Gasteiger partial charge on any atom is -0.493 e. The summed E-state index contributed by atoms with van der Waals surface area (Å²) in [6, 6.07) is 8.08. The van der Waals surface area contributed by atoms with Crippen molar-refractivity contribution in [1.29, 1.82) is 0 Å². The van der Waals surface area contributed by atoms with E-state index in [1.54, 1.807) is 4.68 Å². The smallest absolute Gasteiger partial charge is 0.212 e. The van der Waals surface area contributed by atoms with Crippen LogP contribution in [-0.2, 0) is 6.54 Å². The zero-order valence-electron chi connectivity index (χ0n) is 9.86. The van der Waals surface area contributed by atoms with Crippen molar-refractivity contribution in [1.82, 2.24) is 9.78 Å². The molecule has 0 aliphatic rings. The maximum atomic E-state index is 9.87. The predicted molar refractivity (Wildman–Crippen MR) is 64.5 cm³/mol. The van der Waals surface area contributed by atoms with Gasteiger partial charge in [0.05, 0.1) is 5.69 Å². The summed E-state index contributed by atoms with van der Waals surface area (Å²) in [5.74, 6) is 0.265. The van der Waals surface area contributed by atoms with Crippen molar-refractivity contribution in [3.8, 4) is 17.1 Å². The van der Waals surface area contributed by atoms with Crippen LogP contribution < -0.4 is 0 Å². The molecule has 0 aliphatic heterocycles. The fraction of sp³-hybridized carbons (Fsp3) is 0.308. The van der Waals surface area contributed by atoms with Gasteiger partial charge in [-0.2, -0.15) is 5.10 Å². The van der Waals surface area contributed by atoms with Crippen molar-refractivity contribution in [2.75, 3.05) is 0 Å². The molecule has 3 nitrogen and oxygen atoms in total. The first-order valence-electron chi connectivity index (χ1n) is 5.47. The van der Waals surface area contributed by atoms with Gasteiger partial charge in [0.2, 0.25) is 5.88 Å². The van der Waals surface area contributed by atoms with Crippen molar-refractivity contribution in [2.45, 2.75) is 27.3 Å². The largest absolute Gasteiger partial charge is 0.493 e. The molecule has 0 saturated heterocycles. The first-order chi connectivity index (χ1) is 7.65. The van der Waals surface area contributed by atoms with Gasteiger partial charge >= 0.3 is 0 Å². The normalized spacial score (nSPS) is 10.7. The lowest BCUT2D eigenvalue weighted by molar-refractivity contribution is 0.402. The van der Waals surface area contributed by atoms with E-state index in [-0.39, 0.29) is 5.88 Å². The lowest BCUT2D eigenvalue weighted by Crippen LogP contribution is -1.95. The van der Waals surface area contributed by atoms with Crippen LogP contribution >= 0.6 is 0 Å². The SMILES string of the molecule is CCn1nc(-c2ccccc2C)c(C)c1O. The van der Waals surface area contributed by atoms with Crippen molar-refractivity contribution >= 4 is 0 Å². The number of rotatable bonds is 2. The zero-order valence-corrected chi connectivity index (χ0v) is 9.86. The van der Waals surface area contributed by atoms with Crippen LogP contribution in [0.5, 0.6) is 5.88 Å². The van der Waals surface area contributed by atoms with Gasteiger partial charge in [0.15, 0.2) is 0 Å². The standard InChI is InChI=1S/C13H16N2O/c1-4-15-13(16)10(3)12(14-15)11-8-6-5-7-9(11)2/h5-8,16H,4H2,1-3H3. The van der Waals surface area contributed by atoms with E-state index in [2.05, 4.69) is 18.1 Å². The van der Waals surface area contributed by atoms with E-state index < -0.39 is 0 Å². The highest BCUT2D eigenvalue weighted by molar-refractivity contribution is 5.68. The van der Waals surface area contributed by atoms with E-state index in [4.69, 9.17) is 0 Å². The average Bonchev–Trinajstić information content (AvgIpc) is 2.57. The summed E-state index contributed by atoms with van der Waals surface area (Å²) in [5.41, 5.74) is 3.97. The molecule has 3 heteroatoms. The molecule has 2 aromatic rings. The third-order valence-electron chi connectivity index (χ3n) is 2.86. The summed E-state index contributed by atoms with van der Waals surface area (Å²) in [7, 11) is 0. The predicted octanol–water partition coefficient (Wildman–Crippen LogP) is 2.89. The summed E-state index contributed by atoms with van der Waals surface area (Å²) in [6.45, 7) is 6.60. The fourth-order valence-corrected chi connectivity index (χ4v) is 1.86. The number of hydrogen-bond acceptors (Lipinski definition) is 2. The number of benzene rings is 1. The molecule has 0 saturated carbocycles. The maximum absolute atomic E-state index is 9.87. The average molecular weight is 216 g/mol. The third-order valence-corrected chi connectivity index (χ3v) is 2.86. The molecular weight excluding hydrogens is 200 g/mol. The second-order valence-electron chi connectivity index (χ2n) is 3.93. The van der Waals surface area contributed by atoms with Crippen LogP contribution in [0.2, 0.25) is 0 Å². The lowest BCUT2D eigenvalue weighted by atomic mass is 10.0. The Hall–Kier alpha value is -1.77. The Morgan fingerprint density at radius 2 is 1.94 bits per heavy atom. The summed E-state index contributed by atoms with van der Waals surface area (Å²) >= 11 is 0.